The molecule has 7 nitrogen and oxygen atoms in total. The van der Waals surface area contributed by atoms with Crippen molar-refractivity contribution in [2.75, 3.05) is 26.5 Å². The molecule has 0 aliphatic rings. The third-order valence-corrected chi connectivity index (χ3v) is 7.84. The van der Waals surface area contributed by atoms with Crippen molar-refractivity contribution in [3.63, 3.8) is 0 Å². The zero-order chi connectivity index (χ0) is 29.5. The van der Waals surface area contributed by atoms with Crippen molar-refractivity contribution >= 4 is 28.8 Å². The maximum atomic E-state index is 9.26. The zero-order valence-corrected chi connectivity index (χ0v) is 25.6. The van der Waals surface area contributed by atoms with Crippen molar-refractivity contribution in [1.29, 1.82) is 5.41 Å². The Morgan fingerprint density at radius 3 is 2.63 bits per heavy atom. The first kappa shape index (κ1) is 30.3. The van der Waals surface area contributed by atoms with E-state index in [0.717, 1.165) is 54.0 Å². The van der Waals surface area contributed by atoms with Gasteiger partial charge in [0, 0.05) is 30.4 Å². The van der Waals surface area contributed by atoms with E-state index in [-0.39, 0.29) is 0 Å². The van der Waals surface area contributed by atoms with Crippen LogP contribution < -0.4 is 15.2 Å². The van der Waals surface area contributed by atoms with E-state index in [0.29, 0.717) is 53.3 Å². The first-order valence-electron chi connectivity index (χ1n) is 14.3. The molecule has 4 aromatic rings. The first-order chi connectivity index (χ1) is 19.8. The second-order valence-corrected chi connectivity index (χ2v) is 11.2. The van der Waals surface area contributed by atoms with Crippen molar-refractivity contribution in [2.45, 2.75) is 59.4 Å². The Hall–Kier alpha value is -3.71. The predicted octanol–water partition coefficient (Wildman–Crippen LogP) is 7.39. The van der Waals surface area contributed by atoms with E-state index in [9.17, 15) is 5.41 Å². The van der Waals surface area contributed by atoms with E-state index >= 15 is 0 Å². The number of rotatable bonds is 13. The van der Waals surface area contributed by atoms with Crippen LogP contribution in [0, 0.1) is 11.3 Å². The number of pyridine rings is 1. The number of nitrogen functional groups attached to an aromatic ring is 1. The lowest BCUT2D eigenvalue weighted by molar-refractivity contribution is 0.354. The number of nitrogens with zero attached hydrogens (tertiary/aromatic N) is 3. The second kappa shape index (κ2) is 13.8. The Bertz CT molecular complexity index is 1500. The molecule has 0 spiro atoms. The number of ether oxygens (including phenoxy) is 2. The molecule has 0 saturated carbocycles. The lowest BCUT2D eigenvalue weighted by atomic mass is 10.00. The number of nitrogens with two attached hydrogens (primary N) is 1. The van der Waals surface area contributed by atoms with Gasteiger partial charge < -0.3 is 24.5 Å². The predicted molar refractivity (Wildman–Crippen MR) is 169 cm³/mol. The largest absolute Gasteiger partial charge is 0.493 e. The average Bonchev–Trinajstić information content (AvgIpc) is 3.31. The van der Waals surface area contributed by atoms with Gasteiger partial charge in [0.2, 0.25) is 0 Å². The molecule has 4 rings (SSSR count). The van der Waals surface area contributed by atoms with E-state index in [4.69, 9.17) is 31.8 Å². The lowest BCUT2D eigenvalue weighted by Gasteiger charge is -2.27. The minimum absolute atomic E-state index is 0.320. The number of hydrogen-bond acceptors (Lipinski definition) is 5. The van der Waals surface area contributed by atoms with E-state index in [1.807, 2.05) is 36.5 Å². The minimum atomic E-state index is 0.320. The van der Waals surface area contributed by atoms with Gasteiger partial charge in [-0.15, -0.1) is 0 Å². The highest BCUT2D eigenvalue weighted by Gasteiger charge is 2.23. The van der Waals surface area contributed by atoms with E-state index in [1.54, 1.807) is 20.3 Å². The van der Waals surface area contributed by atoms with Crippen LogP contribution in [-0.4, -0.2) is 40.9 Å². The summed E-state index contributed by atoms with van der Waals surface area (Å²) in [6.07, 6.45) is 6.95. The number of halogens is 1. The third kappa shape index (κ3) is 6.96. The molecule has 8 heteroatoms. The second-order valence-electron chi connectivity index (χ2n) is 10.9. The van der Waals surface area contributed by atoms with Crippen LogP contribution in [0.5, 0.6) is 11.5 Å². The number of nitrogens with one attached hydrogen (secondary N) is 1. The lowest BCUT2D eigenvalue weighted by Crippen LogP contribution is -2.33. The molecule has 0 unspecified atom stereocenters. The normalized spacial score (nSPS) is 11.3. The van der Waals surface area contributed by atoms with Crippen LogP contribution in [-0.2, 0) is 19.4 Å². The van der Waals surface area contributed by atoms with E-state index < -0.39 is 0 Å². The van der Waals surface area contributed by atoms with Crippen LogP contribution in [0.1, 0.15) is 68.1 Å². The van der Waals surface area contributed by atoms with Gasteiger partial charge >= 0.3 is 0 Å². The molecule has 218 valence electrons. The van der Waals surface area contributed by atoms with E-state index in [1.165, 1.54) is 5.56 Å². The maximum Gasteiger partial charge on any atom is 0.180 e. The van der Waals surface area contributed by atoms with Crippen molar-refractivity contribution in [2.24, 2.45) is 5.92 Å². The summed E-state index contributed by atoms with van der Waals surface area (Å²) in [7, 11) is 3.13. The number of fused-ring (bicyclic) bond motifs is 1. The molecule has 0 saturated heterocycles. The molecule has 0 aliphatic carbocycles. The van der Waals surface area contributed by atoms with Gasteiger partial charge in [-0.25, -0.2) is 4.98 Å². The van der Waals surface area contributed by atoms with Gasteiger partial charge in [-0.05, 0) is 66.6 Å². The number of methoxy groups -OCH3 is 2. The van der Waals surface area contributed by atoms with Gasteiger partial charge in [-0.1, -0.05) is 57.0 Å². The Morgan fingerprint density at radius 2 is 1.93 bits per heavy atom. The molecule has 0 radical (unpaired) electrons. The van der Waals surface area contributed by atoms with Crippen LogP contribution in [0.25, 0.3) is 5.65 Å². The Labute approximate surface area is 248 Å². The smallest absolute Gasteiger partial charge is 0.180 e. The molecule has 0 bridgehead atoms. The molecule has 41 heavy (non-hydrogen) atoms. The van der Waals surface area contributed by atoms with Crippen LogP contribution in [0.3, 0.4) is 0 Å². The third-order valence-electron chi connectivity index (χ3n) is 7.47. The summed E-state index contributed by atoms with van der Waals surface area (Å²) >= 11 is 6.76. The SMILES string of the molecule is CCCCc1ccc(N)c(Cc2c(CN(CCC(C)C)C(=N)c3ccc(OC)c(OC)c3Cl)nc3ccccn23)c1. The summed E-state index contributed by atoms with van der Waals surface area (Å²) in [5, 5.41) is 9.62. The zero-order valence-electron chi connectivity index (χ0n) is 24.8. The fourth-order valence-electron chi connectivity index (χ4n) is 5.05. The van der Waals surface area contributed by atoms with Crippen LogP contribution in [0.4, 0.5) is 5.69 Å². The molecule has 3 N–H and O–H groups in total. The number of aromatic nitrogens is 2. The maximum absolute atomic E-state index is 9.26. The molecule has 0 amide bonds. The molecule has 2 aromatic carbocycles. The quantitative estimate of drug-likeness (QED) is 0.0985. The fraction of sp³-hybridized carbons (Fsp3) is 0.394. The van der Waals surface area contributed by atoms with Gasteiger partial charge in [0.15, 0.2) is 11.5 Å². The molecule has 2 aromatic heterocycles. The van der Waals surface area contributed by atoms with Gasteiger partial charge in [-0.3, -0.25) is 5.41 Å². The Kier molecular flexibility index (Phi) is 10.2. The van der Waals surface area contributed by atoms with Gasteiger partial charge in [0.1, 0.15) is 11.5 Å². The minimum Gasteiger partial charge on any atom is -0.493 e. The monoisotopic (exact) mass is 575 g/mol. The number of benzene rings is 2. The van der Waals surface area contributed by atoms with Gasteiger partial charge in [0.05, 0.1) is 37.2 Å². The number of unbranched alkanes of at least 4 members (excludes halogenated alkanes) is 1. The number of amidine groups is 1. The summed E-state index contributed by atoms with van der Waals surface area (Å²) < 4.78 is 13.1. The molecular weight excluding hydrogens is 534 g/mol. The van der Waals surface area contributed by atoms with E-state index in [2.05, 4.69) is 42.2 Å². The fourth-order valence-corrected chi connectivity index (χ4v) is 5.37. The van der Waals surface area contributed by atoms with Gasteiger partial charge in [-0.2, -0.15) is 0 Å². The first-order valence-corrected chi connectivity index (χ1v) is 14.7. The standard InChI is InChI=1S/C33H42ClN5O2/c1-6-7-10-23-12-14-26(35)24(19-23)20-28-27(37-30-11-8-9-17-39(28)30)21-38(18-16-22(2)3)33(36)25-13-15-29(40-4)32(41-5)31(25)34/h8-9,11-15,17,19,22,36H,6-7,10,16,18,20-21,35H2,1-5H3. The van der Waals surface area contributed by atoms with Crippen molar-refractivity contribution in [3.8, 4) is 11.5 Å². The summed E-state index contributed by atoms with van der Waals surface area (Å²) in [6.45, 7) is 7.73. The average molecular weight is 576 g/mol. The molecule has 0 atom stereocenters. The van der Waals surface area contributed by atoms with Gasteiger partial charge in [0.25, 0.3) is 0 Å². The number of aryl methyl sites for hydroxylation is 1. The summed E-state index contributed by atoms with van der Waals surface area (Å²) in [5.41, 5.74) is 13.1. The topological polar surface area (TPSA) is 88.9 Å². The summed E-state index contributed by atoms with van der Waals surface area (Å²) in [5.74, 6) is 1.74. The molecule has 0 fully saturated rings. The van der Waals surface area contributed by atoms with Crippen LogP contribution in [0.15, 0.2) is 54.7 Å². The summed E-state index contributed by atoms with van der Waals surface area (Å²) in [4.78, 5) is 7.10. The summed E-state index contributed by atoms with van der Waals surface area (Å²) in [6, 6.07) is 16.0. The van der Waals surface area contributed by atoms with Crippen LogP contribution in [0.2, 0.25) is 5.02 Å². The Morgan fingerprint density at radius 1 is 1.12 bits per heavy atom. The highest BCUT2D eigenvalue weighted by molar-refractivity contribution is 6.35. The molecule has 0 aliphatic heterocycles. The Balaban J connectivity index is 1.74. The number of imidazole rings is 1. The highest BCUT2D eigenvalue weighted by Crippen LogP contribution is 2.38. The van der Waals surface area contributed by atoms with Crippen molar-refractivity contribution in [1.82, 2.24) is 14.3 Å². The number of anilines is 1. The van der Waals surface area contributed by atoms with Crippen molar-refractivity contribution < 1.29 is 9.47 Å². The molecular formula is C33H42ClN5O2. The van der Waals surface area contributed by atoms with Crippen LogP contribution >= 0.6 is 11.6 Å². The highest BCUT2D eigenvalue weighted by atomic mass is 35.5. The van der Waals surface area contributed by atoms with Crippen molar-refractivity contribution in [3.05, 3.63) is 87.8 Å². The number of hydrogen-bond donors (Lipinski definition) is 2. The molecule has 2 heterocycles.